The Morgan fingerprint density at radius 3 is 2.55 bits per heavy atom. The quantitative estimate of drug-likeness (QED) is 0.407. The van der Waals surface area contributed by atoms with Gasteiger partial charge in [-0.15, -0.1) is 0 Å². The van der Waals surface area contributed by atoms with E-state index in [1.165, 1.54) is 38.4 Å². The molecule has 2 aliphatic rings. The molecule has 2 aromatic heterocycles. The van der Waals surface area contributed by atoms with E-state index in [1.807, 2.05) is 23.1 Å². The van der Waals surface area contributed by atoms with Crippen LogP contribution >= 0.6 is 0 Å². The number of hydrogen-bond acceptors (Lipinski definition) is 8. The molecule has 0 atom stereocenters. The summed E-state index contributed by atoms with van der Waals surface area (Å²) in [5.41, 5.74) is 2.43. The highest BCUT2D eigenvalue weighted by Gasteiger charge is 2.25. The van der Waals surface area contributed by atoms with Gasteiger partial charge in [0.15, 0.2) is 17.0 Å². The number of anilines is 2. The van der Waals surface area contributed by atoms with E-state index >= 15 is 0 Å². The van der Waals surface area contributed by atoms with Crippen LogP contribution in [0, 0.1) is 5.92 Å². The Kier molecular flexibility index (Phi) is 8.35. The molecule has 3 heterocycles. The molecule has 0 bridgehead atoms. The van der Waals surface area contributed by atoms with Crippen molar-refractivity contribution < 1.29 is 14.3 Å². The molecule has 5 rings (SSSR count). The van der Waals surface area contributed by atoms with Crippen LogP contribution in [-0.2, 0) is 27.3 Å². The minimum atomic E-state index is -0.368. The average molecular weight is 520 g/mol. The summed E-state index contributed by atoms with van der Waals surface area (Å²) in [7, 11) is 1.37. The van der Waals surface area contributed by atoms with Crippen LogP contribution in [0.25, 0.3) is 11.2 Å². The molecule has 0 spiro atoms. The molecule has 1 aliphatic carbocycles. The number of amides is 1. The third-order valence-electron chi connectivity index (χ3n) is 7.68. The van der Waals surface area contributed by atoms with Gasteiger partial charge in [0, 0.05) is 39.1 Å². The lowest BCUT2D eigenvalue weighted by atomic mass is 10.0. The number of carbonyl (C=O) groups is 2. The highest BCUT2D eigenvalue weighted by atomic mass is 16.5. The van der Waals surface area contributed by atoms with Gasteiger partial charge >= 0.3 is 5.97 Å². The van der Waals surface area contributed by atoms with Crippen molar-refractivity contribution in [2.75, 3.05) is 50.1 Å². The number of carbonyl (C=O) groups excluding carboxylic acids is 2. The summed E-state index contributed by atoms with van der Waals surface area (Å²) in [6.07, 6.45) is 9.27. The van der Waals surface area contributed by atoms with Gasteiger partial charge in [-0.1, -0.05) is 56.0 Å². The van der Waals surface area contributed by atoms with Gasteiger partial charge in [0.05, 0.1) is 13.4 Å². The van der Waals surface area contributed by atoms with E-state index in [0.717, 1.165) is 18.8 Å². The van der Waals surface area contributed by atoms with Gasteiger partial charge < -0.3 is 24.4 Å². The first-order valence-electron chi connectivity index (χ1n) is 13.7. The topological polar surface area (TPSA) is 105 Å². The van der Waals surface area contributed by atoms with E-state index in [0.29, 0.717) is 62.1 Å². The number of rotatable bonds is 10. The van der Waals surface area contributed by atoms with E-state index in [1.54, 1.807) is 10.9 Å². The summed E-state index contributed by atoms with van der Waals surface area (Å²) in [6.45, 7) is 3.34. The molecular weight excluding hydrogens is 482 g/mol. The summed E-state index contributed by atoms with van der Waals surface area (Å²) < 4.78 is 6.55. The smallest absolute Gasteiger partial charge is 0.325 e. The van der Waals surface area contributed by atoms with E-state index < -0.39 is 0 Å². The van der Waals surface area contributed by atoms with E-state index in [2.05, 4.69) is 27.3 Å². The summed E-state index contributed by atoms with van der Waals surface area (Å²) >= 11 is 0. The van der Waals surface area contributed by atoms with Crippen molar-refractivity contribution in [1.29, 1.82) is 0 Å². The monoisotopic (exact) mass is 519 g/mol. The minimum absolute atomic E-state index is 0.0240. The third-order valence-corrected chi connectivity index (χ3v) is 7.68. The maximum absolute atomic E-state index is 12.8. The number of nitrogens with zero attached hydrogens (tertiary/aromatic N) is 6. The number of hydrogen-bond donors (Lipinski definition) is 1. The van der Waals surface area contributed by atoms with Crippen LogP contribution in [-0.4, -0.2) is 76.1 Å². The van der Waals surface area contributed by atoms with Crippen LogP contribution in [0.15, 0.2) is 36.7 Å². The number of benzene rings is 1. The summed E-state index contributed by atoms with van der Waals surface area (Å²) in [5, 5.41) is 3.43. The van der Waals surface area contributed by atoms with Crippen molar-refractivity contribution in [2.45, 2.75) is 51.5 Å². The summed E-state index contributed by atoms with van der Waals surface area (Å²) in [5.74, 6) is 1.83. The molecule has 1 aromatic carbocycles. The second-order valence-corrected chi connectivity index (χ2v) is 10.2. The van der Waals surface area contributed by atoms with Crippen molar-refractivity contribution in [2.24, 2.45) is 5.92 Å². The van der Waals surface area contributed by atoms with Gasteiger partial charge in [-0.05, 0) is 24.3 Å². The lowest BCUT2D eigenvalue weighted by Crippen LogP contribution is -2.49. The maximum Gasteiger partial charge on any atom is 0.325 e. The number of piperazine rings is 1. The van der Waals surface area contributed by atoms with Gasteiger partial charge in [-0.2, -0.15) is 9.97 Å². The standard InChI is InChI=1S/C28H37N7O3/c1-38-24(37)19-35-20-30-25-26(29-14-13-22-7-3-2-4-8-22)31-28(32-27(25)35)34-17-15-33(16-18-34)23(36)12-11-21-9-5-6-10-21/h2-4,7-8,20-21H,5-6,9-19H2,1H3,(H,29,31,32). The van der Waals surface area contributed by atoms with Gasteiger partial charge in [-0.25, -0.2) is 4.98 Å². The molecule has 1 amide bonds. The second kappa shape index (κ2) is 12.2. The number of fused-ring (bicyclic) bond motifs is 1. The first-order chi connectivity index (χ1) is 18.6. The molecule has 1 N–H and O–H groups in total. The Balaban J connectivity index is 1.28. The Hall–Kier alpha value is -3.69. The van der Waals surface area contributed by atoms with Gasteiger partial charge in [0.25, 0.3) is 0 Å². The predicted octanol–water partition coefficient (Wildman–Crippen LogP) is 3.27. The molecule has 1 saturated heterocycles. The Morgan fingerprint density at radius 1 is 1.05 bits per heavy atom. The third kappa shape index (κ3) is 6.23. The largest absolute Gasteiger partial charge is 0.468 e. The van der Waals surface area contributed by atoms with Gasteiger partial charge in [0.2, 0.25) is 11.9 Å². The normalized spacial score (nSPS) is 16.2. The van der Waals surface area contributed by atoms with Crippen LogP contribution < -0.4 is 10.2 Å². The zero-order chi connectivity index (χ0) is 26.3. The van der Waals surface area contributed by atoms with Crippen LogP contribution in [0.2, 0.25) is 0 Å². The lowest BCUT2D eigenvalue weighted by Gasteiger charge is -2.35. The van der Waals surface area contributed by atoms with Gasteiger partial charge in [0.1, 0.15) is 6.54 Å². The van der Waals surface area contributed by atoms with Crippen LogP contribution in [0.5, 0.6) is 0 Å². The van der Waals surface area contributed by atoms with Crippen LogP contribution in [0.1, 0.15) is 44.1 Å². The molecule has 3 aromatic rings. The SMILES string of the molecule is COC(=O)Cn1cnc2c(NCCc3ccccc3)nc(N3CCN(C(=O)CCC4CCCC4)CC3)nc21. The van der Waals surface area contributed by atoms with E-state index in [-0.39, 0.29) is 18.4 Å². The second-order valence-electron chi connectivity index (χ2n) is 10.2. The fourth-order valence-electron chi connectivity index (χ4n) is 5.43. The molecule has 38 heavy (non-hydrogen) atoms. The Morgan fingerprint density at radius 2 is 1.82 bits per heavy atom. The summed E-state index contributed by atoms with van der Waals surface area (Å²) in [4.78, 5) is 43.0. The molecule has 0 unspecified atom stereocenters. The molecule has 1 aliphatic heterocycles. The maximum atomic E-state index is 12.8. The van der Waals surface area contributed by atoms with Crippen LogP contribution in [0.3, 0.4) is 0 Å². The number of esters is 1. The number of aromatic nitrogens is 4. The molecule has 202 valence electrons. The summed E-state index contributed by atoms with van der Waals surface area (Å²) in [6, 6.07) is 10.3. The fourth-order valence-corrected chi connectivity index (χ4v) is 5.43. The van der Waals surface area contributed by atoms with Crippen molar-refractivity contribution in [3.63, 3.8) is 0 Å². The van der Waals surface area contributed by atoms with Crippen molar-refractivity contribution >= 4 is 34.8 Å². The van der Waals surface area contributed by atoms with Crippen molar-refractivity contribution in [3.05, 3.63) is 42.2 Å². The molecular formula is C28H37N7O3. The Labute approximate surface area is 223 Å². The molecule has 2 fully saturated rings. The minimum Gasteiger partial charge on any atom is -0.468 e. The predicted molar refractivity (Wildman–Crippen MR) is 146 cm³/mol. The zero-order valence-electron chi connectivity index (χ0n) is 22.1. The van der Waals surface area contributed by atoms with Crippen LogP contribution in [0.4, 0.5) is 11.8 Å². The lowest BCUT2D eigenvalue weighted by molar-refractivity contribution is -0.141. The number of imidazole rings is 1. The van der Waals surface area contributed by atoms with Crippen molar-refractivity contribution in [3.8, 4) is 0 Å². The molecule has 0 radical (unpaired) electrons. The molecule has 10 heteroatoms. The fraction of sp³-hybridized carbons (Fsp3) is 0.536. The molecule has 10 nitrogen and oxygen atoms in total. The van der Waals surface area contributed by atoms with E-state index in [9.17, 15) is 9.59 Å². The number of ether oxygens (including phenoxy) is 1. The van der Waals surface area contributed by atoms with Crippen molar-refractivity contribution in [1.82, 2.24) is 24.4 Å². The number of methoxy groups -OCH3 is 1. The van der Waals surface area contributed by atoms with E-state index in [4.69, 9.17) is 14.7 Å². The average Bonchev–Trinajstić information content (AvgIpc) is 3.63. The first kappa shape index (κ1) is 25.9. The molecule has 1 saturated carbocycles. The first-order valence-corrected chi connectivity index (χ1v) is 13.7. The highest BCUT2D eigenvalue weighted by molar-refractivity contribution is 5.85. The highest BCUT2D eigenvalue weighted by Crippen LogP contribution is 2.29. The number of nitrogens with one attached hydrogen (secondary N) is 1. The van der Waals surface area contributed by atoms with Gasteiger partial charge in [-0.3, -0.25) is 9.59 Å². The zero-order valence-corrected chi connectivity index (χ0v) is 22.1. The Bertz CT molecular complexity index is 1230.